The van der Waals surface area contributed by atoms with Gasteiger partial charge in [0.2, 0.25) is 0 Å². The number of ether oxygens (including phenoxy) is 2. The van der Waals surface area contributed by atoms with Crippen molar-refractivity contribution in [3.8, 4) is 11.5 Å². The van der Waals surface area contributed by atoms with Crippen LogP contribution in [0.1, 0.15) is 21.7 Å². The predicted molar refractivity (Wildman–Crippen MR) is 103 cm³/mol. The van der Waals surface area contributed by atoms with Crippen molar-refractivity contribution in [1.82, 2.24) is 5.43 Å². The van der Waals surface area contributed by atoms with Crippen molar-refractivity contribution in [1.29, 1.82) is 0 Å². The molecule has 0 aliphatic rings. The first-order chi connectivity index (χ1) is 13.2. The smallest absolute Gasteiger partial charge is 0.307 e. The van der Waals surface area contributed by atoms with Crippen LogP contribution in [0.25, 0.3) is 0 Å². The first-order valence-electron chi connectivity index (χ1n) is 8.08. The van der Waals surface area contributed by atoms with E-state index in [-0.39, 0.29) is 5.76 Å². The summed E-state index contributed by atoms with van der Waals surface area (Å²) >= 11 is 6.14. The number of methoxy groups -OCH3 is 1. The third-order valence-corrected chi connectivity index (χ3v) is 4.02. The molecule has 0 spiro atoms. The summed E-state index contributed by atoms with van der Waals surface area (Å²) in [4.78, 5) is 11.7. The van der Waals surface area contributed by atoms with E-state index in [4.69, 9.17) is 25.5 Å². The number of halogens is 1. The highest BCUT2D eigenvalue weighted by Crippen LogP contribution is 2.29. The number of nitrogens with zero attached hydrogens (tertiary/aromatic N) is 1. The Kier molecular flexibility index (Phi) is 6.12. The van der Waals surface area contributed by atoms with Crippen molar-refractivity contribution in [2.24, 2.45) is 5.10 Å². The Morgan fingerprint density at radius 2 is 2.04 bits per heavy atom. The molecular formula is C20H17ClN2O4. The Labute approximate surface area is 161 Å². The van der Waals surface area contributed by atoms with Gasteiger partial charge in [-0.25, -0.2) is 5.43 Å². The minimum Gasteiger partial charge on any atom is -0.493 e. The molecule has 1 aromatic heterocycles. The fraction of sp³-hybridized carbons (Fsp3) is 0.100. The number of carbonyl (C=O) groups is 1. The molecule has 3 rings (SSSR count). The lowest BCUT2D eigenvalue weighted by Crippen LogP contribution is -2.16. The monoisotopic (exact) mass is 384 g/mol. The zero-order valence-corrected chi connectivity index (χ0v) is 15.3. The normalized spacial score (nSPS) is 10.7. The highest BCUT2D eigenvalue weighted by atomic mass is 35.5. The molecule has 0 aliphatic heterocycles. The lowest BCUT2D eigenvalue weighted by Gasteiger charge is -2.12. The molecule has 0 unspecified atom stereocenters. The maximum Gasteiger partial charge on any atom is 0.307 e. The zero-order chi connectivity index (χ0) is 19.1. The van der Waals surface area contributed by atoms with Gasteiger partial charge in [-0.05, 0) is 42.0 Å². The van der Waals surface area contributed by atoms with Crippen molar-refractivity contribution in [3.05, 3.63) is 82.8 Å². The van der Waals surface area contributed by atoms with Crippen LogP contribution in [0, 0.1) is 0 Å². The molecule has 138 valence electrons. The molecule has 0 fully saturated rings. The number of hydrazone groups is 1. The first-order valence-corrected chi connectivity index (χ1v) is 8.46. The van der Waals surface area contributed by atoms with Gasteiger partial charge in [0.15, 0.2) is 17.3 Å². The SMILES string of the molecule is COc1cc(/C=N/NC(=O)c2ccco2)ccc1OCc1ccccc1Cl. The summed E-state index contributed by atoms with van der Waals surface area (Å²) in [6.07, 6.45) is 2.92. The quantitative estimate of drug-likeness (QED) is 0.487. The van der Waals surface area contributed by atoms with Crippen LogP contribution < -0.4 is 14.9 Å². The Morgan fingerprint density at radius 3 is 2.78 bits per heavy atom. The van der Waals surface area contributed by atoms with Crippen LogP contribution in [-0.2, 0) is 6.61 Å². The molecule has 3 aromatic rings. The van der Waals surface area contributed by atoms with Gasteiger partial charge in [0.25, 0.3) is 0 Å². The number of furan rings is 1. The van der Waals surface area contributed by atoms with E-state index in [1.807, 2.05) is 24.3 Å². The van der Waals surface area contributed by atoms with Crippen LogP contribution in [0.2, 0.25) is 5.02 Å². The molecule has 2 aromatic carbocycles. The Bertz CT molecular complexity index is 939. The molecule has 27 heavy (non-hydrogen) atoms. The van der Waals surface area contributed by atoms with Gasteiger partial charge in [-0.2, -0.15) is 5.10 Å². The van der Waals surface area contributed by atoms with Crippen LogP contribution in [-0.4, -0.2) is 19.2 Å². The lowest BCUT2D eigenvalue weighted by atomic mass is 10.2. The third-order valence-electron chi connectivity index (χ3n) is 3.65. The standard InChI is InChI=1S/C20H17ClN2O4/c1-25-19-11-14(12-22-23-20(24)18-7-4-10-26-18)8-9-17(19)27-13-15-5-2-3-6-16(15)21/h2-12H,13H2,1H3,(H,23,24)/b22-12+. The van der Waals surface area contributed by atoms with Crippen LogP contribution in [0.3, 0.4) is 0 Å². The van der Waals surface area contributed by atoms with Crippen molar-refractivity contribution >= 4 is 23.7 Å². The molecule has 1 N–H and O–H groups in total. The molecule has 1 heterocycles. The molecule has 6 nitrogen and oxygen atoms in total. The molecule has 0 saturated heterocycles. The van der Waals surface area contributed by atoms with Gasteiger partial charge in [0.05, 0.1) is 19.6 Å². The van der Waals surface area contributed by atoms with Gasteiger partial charge >= 0.3 is 5.91 Å². The van der Waals surface area contributed by atoms with Gasteiger partial charge in [-0.1, -0.05) is 29.8 Å². The van der Waals surface area contributed by atoms with E-state index in [1.54, 1.807) is 37.4 Å². The summed E-state index contributed by atoms with van der Waals surface area (Å²) in [6, 6.07) is 16.0. The molecule has 7 heteroatoms. The minimum absolute atomic E-state index is 0.188. The van der Waals surface area contributed by atoms with E-state index in [0.717, 1.165) is 11.1 Å². The number of amides is 1. The van der Waals surface area contributed by atoms with Crippen LogP contribution in [0.5, 0.6) is 11.5 Å². The summed E-state index contributed by atoms with van der Waals surface area (Å²) in [5.41, 5.74) is 4.00. The summed E-state index contributed by atoms with van der Waals surface area (Å²) in [5.74, 6) is 0.883. The largest absolute Gasteiger partial charge is 0.493 e. The number of carbonyl (C=O) groups excluding carboxylic acids is 1. The molecule has 0 radical (unpaired) electrons. The summed E-state index contributed by atoms with van der Waals surface area (Å²) in [6.45, 7) is 0.322. The summed E-state index contributed by atoms with van der Waals surface area (Å²) in [7, 11) is 1.55. The molecule has 0 saturated carbocycles. The molecule has 1 amide bonds. The highest BCUT2D eigenvalue weighted by molar-refractivity contribution is 6.31. The number of rotatable bonds is 7. The average Bonchev–Trinajstić information content (AvgIpc) is 3.22. The topological polar surface area (TPSA) is 73.1 Å². The summed E-state index contributed by atoms with van der Waals surface area (Å²) in [5, 5.41) is 4.56. The van der Waals surface area contributed by atoms with Crippen molar-refractivity contribution in [2.45, 2.75) is 6.61 Å². The van der Waals surface area contributed by atoms with E-state index >= 15 is 0 Å². The van der Waals surface area contributed by atoms with Crippen molar-refractivity contribution in [2.75, 3.05) is 7.11 Å². The van der Waals surface area contributed by atoms with Gasteiger partial charge in [-0.15, -0.1) is 0 Å². The van der Waals surface area contributed by atoms with E-state index in [1.165, 1.54) is 12.5 Å². The number of benzene rings is 2. The second kappa shape index (κ2) is 8.91. The fourth-order valence-corrected chi connectivity index (χ4v) is 2.47. The Hall–Kier alpha value is -3.25. The second-order valence-corrected chi connectivity index (χ2v) is 5.87. The van der Waals surface area contributed by atoms with E-state index in [2.05, 4.69) is 10.5 Å². The van der Waals surface area contributed by atoms with E-state index in [0.29, 0.717) is 23.1 Å². The van der Waals surface area contributed by atoms with Crippen LogP contribution >= 0.6 is 11.6 Å². The van der Waals surface area contributed by atoms with Crippen molar-refractivity contribution < 1.29 is 18.7 Å². The van der Waals surface area contributed by atoms with Gasteiger partial charge in [0.1, 0.15) is 6.61 Å². The zero-order valence-electron chi connectivity index (χ0n) is 14.5. The number of nitrogens with one attached hydrogen (secondary N) is 1. The van der Waals surface area contributed by atoms with Crippen molar-refractivity contribution in [3.63, 3.8) is 0 Å². The van der Waals surface area contributed by atoms with E-state index in [9.17, 15) is 4.79 Å². The van der Waals surface area contributed by atoms with E-state index < -0.39 is 5.91 Å². The minimum atomic E-state index is -0.428. The van der Waals surface area contributed by atoms with Crippen LogP contribution in [0.4, 0.5) is 0 Å². The van der Waals surface area contributed by atoms with Gasteiger partial charge in [-0.3, -0.25) is 4.79 Å². The molecular weight excluding hydrogens is 368 g/mol. The number of hydrogen-bond donors (Lipinski definition) is 1. The maximum absolute atomic E-state index is 11.7. The van der Waals surface area contributed by atoms with Gasteiger partial charge in [0, 0.05) is 10.6 Å². The van der Waals surface area contributed by atoms with Gasteiger partial charge < -0.3 is 13.9 Å². The van der Waals surface area contributed by atoms with Crippen LogP contribution in [0.15, 0.2) is 70.4 Å². The maximum atomic E-state index is 11.7. The Morgan fingerprint density at radius 1 is 1.19 bits per heavy atom. The summed E-state index contributed by atoms with van der Waals surface area (Å²) < 4.78 is 16.2. The number of hydrogen-bond acceptors (Lipinski definition) is 5. The third kappa shape index (κ3) is 4.89. The fourth-order valence-electron chi connectivity index (χ4n) is 2.28. The molecule has 0 atom stereocenters. The molecule has 0 aliphatic carbocycles. The Balaban J connectivity index is 1.64. The highest BCUT2D eigenvalue weighted by Gasteiger charge is 2.08. The average molecular weight is 385 g/mol. The first kappa shape index (κ1) is 18.5. The second-order valence-electron chi connectivity index (χ2n) is 5.47. The molecule has 0 bridgehead atoms. The predicted octanol–water partition coefficient (Wildman–Crippen LogP) is 4.28. The lowest BCUT2D eigenvalue weighted by molar-refractivity contribution is 0.0927.